The molecule has 0 saturated carbocycles. The van der Waals surface area contributed by atoms with Gasteiger partial charge in [-0.25, -0.2) is 4.98 Å². The number of benzene rings is 2. The van der Waals surface area contributed by atoms with E-state index in [1.165, 1.54) is 11.1 Å². The maximum absolute atomic E-state index is 4.69. The molecule has 0 radical (unpaired) electrons. The standard InChI is InChI=1S/C21H21N5/c1-14-8-7-11-18(12-14)20-24-21-22-15(2)13-19(26(21)25-20)23-16(3)17-9-5-4-6-10-17/h4-13,16,23H,1-3H3/t16-/m1/s1. The van der Waals surface area contributed by atoms with E-state index in [-0.39, 0.29) is 6.04 Å². The van der Waals surface area contributed by atoms with Gasteiger partial charge in [0.25, 0.3) is 5.78 Å². The van der Waals surface area contributed by atoms with Gasteiger partial charge < -0.3 is 5.32 Å². The van der Waals surface area contributed by atoms with Crippen LogP contribution in [-0.4, -0.2) is 19.6 Å². The summed E-state index contributed by atoms with van der Waals surface area (Å²) in [7, 11) is 0. The number of nitrogens with one attached hydrogen (secondary N) is 1. The Morgan fingerprint density at radius 3 is 2.50 bits per heavy atom. The fourth-order valence-corrected chi connectivity index (χ4v) is 3.04. The first-order valence-corrected chi connectivity index (χ1v) is 8.73. The van der Waals surface area contributed by atoms with Crippen molar-refractivity contribution in [3.8, 4) is 11.4 Å². The first kappa shape index (κ1) is 16.3. The second-order valence-corrected chi connectivity index (χ2v) is 6.58. The van der Waals surface area contributed by atoms with Gasteiger partial charge >= 0.3 is 0 Å². The molecule has 0 amide bonds. The van der Waals surface area contributed by atoms with Crippen molar-refractivity contribution in [2.24, 2.45) is 0 Å². The average Bonchev–Trinajstić information content (AvgIpc) is 3.06. The van der Waals surface area contributed by atoms with Crippen LogP contribution in [0.5, 0.6) is 0 Å². The van der Waals surface area contributed by atoms with Crippen LogP contribution in [0.4, 0.5) is 5.82 Å². The van der Waals surface area contributed by atoms with Crippen LogP contribution in [0.2, 0.25) is 0 Å². The van der Waals surface area contributed by atoms with Gasteiger partial charge in [0.1, 0.15) is 5.82 Å². The Morgan fingerprint density at radius 2 is 1.73 bits per heavy atom. The quantitative estimate of drug-likeness (QED) is 0.589. The number of fused-ring (bicyclic) bond motifs is 1. The van der Waals surface area contributed by atoms with Crippen LogP contribution in [-0.2, 0) is 0 Å². The smallest absolute Gasteiger partial charge is 0.254 e. The lowest BCUT2D eigenvalue weighted by atomic mass is 10.1. The summed E-state index contributed by atoms with van der Waals surface area (Å²) in [5, 5.41) is 8.23. The summed E-state index contributed by atoms with van der Waals surface area (Å²) in [4.78, 5) is 9.16. The van der Waals surface area contributed by atoms with Crippen LogP contribution in [0.1, 0.15) is 29.8 Å². The van der Waals surface area contributed by atoms with Gasteiger partial charge in [0.2, 0.25) is 0 Å². The van der Waals surface area contributed by atoms with Gasteiger partial charge in [-0.1, -0.05) is 54.1 Å². The van der Waals surface area contributed by atoms with Gasteiger partial charge in [-0.2, -0.15) is 9.50 Å². The Kier molecular flexibility index (Phi) is 4.13. The second-order valence-electron chi connectivity index (χ2n) is 6.58. The van der Waals surface area contributed by atoms with Crippen LogP contribution in [0.25, 0.3) is 17.2 Å². The minimum atomic E-state index is 0.146. The maximum atomic E-state index is 4.69. The summed E-state index contributed by atoms with van der Waals surface area (Å²) in [5.74, 6) is 2.17. The maximum Gasteiger partial charge on any atom is 0.254 e. The number of anilines is 1. The molecule has 0 bridgehead atoms. The summed E-state index contributed by atoms with van der Waals surface area (Å²) >= 11 is 0. The Balaban J connectivity index is 1.75. The molecular formula is C21H21N5. The van der Waals surface area contributed by atoms with Crippen molar-refractivity contribution in [3.63, 3.8) is 0 Å². The predicted molar refractivity (Wildman–Crippen MR) is 104 cm³/mol. The highest BCUT2D eigenvalue weighted by Gasteiger charge is 2.13. The Labute approximate surface area is 152 Å². The third kappa shape index (κ3) is 3.16. The fraction of sp³-hybridized carbons (Fsp3) is 0.190. The van der Waals surface area contributed by atoms with Crippen molar-refractivity contribution in [3.05, 3.63) is 77.5 Å². The van der Waals surface area contributed by atoms with E-state index in [9.17, 15) is 0 Å². The molecule has 5 nitrogen and oxygen atoms in total. The van der Waals surface area contributed by atoms with Gasteiger partial charge in [-0.15, -0.1) is 5.10 Å². The van der Waals surface area contributed by atoms with Crippen molar-refractivity contribution in [1.82, 2.24) is 19.6 Å². The van der Waals surface area contributed by atoms with E-state index in [0.717, 1.165) is 17.1 Å². The van der Waals surface area contributed by atoms with E-state index < -0.39 is 0 Å². The highest BCUT2D eigenvalue weighted by molar-refractivity contribution is 5.59. The first-order chi connectivity index (χ1) is 12.6. The molecule has 0 unspecified atom stereocenters. The number of nitrogens with zero attached hydrogens (tertiary/aromatic N) is 4. The van der Waals surface area contributed by atoms with Gasteiger partial charge in [-0.3, -0.25) is 0 Å². The van der Waals surface area contributed by atoms with Crippen LogP contribution in [0.3, 0.4) is 0 Å². The highest BCUT2D eigenvalue weighted by Crippen LogP contribution is 2.22. The Hall–Kier alpha value is -3.21. The molecule has 2 aromatic heterocycles. The zero-order chi connectivity index (χ0) is 18.1. The van der Waals surface area contributed by atoms with Crippen LogP contribution in [0.15, 0.2) is 60.7 Å². The molecule has 0 spiro atoms. The van der Waals surface area contributed by atoms with Gasteiger partial charge in [0.05, 0.1) is 0 Å². The molecule has 26 heavy (non-hydrogen) atoms. The first-order valence-electron chi connectivity index (χ1n) is 8.73. The molecular weight excluding hydrogens is 322 g/mol. The number of aryl methyl sites for hydroxylation is 2. The molecule has 5 heteroatoms. The van der Waals surface area contributed by atoms with E-state index in [1.54, 1.807) is 4.52 Å². The third-order valence-corrected chi connectivity index (χ3v) is 4.38. The SMILES string of the molecule is Cc1cccc(-c2nc3nc(C)cc(N[C@H](C)c4ccccc4)n3n2)c1. The van der Waals surface area contributed by atoms with Crippen molar-refractivity contribution in [2.45, 2.75) is 26.8 Å². The summed E-state index contributed by atoms with van der Waals surface area (Å²) in [6, 6.07) is 20.7. The molecule has 1 atom stereocenters. The monoisotopic (exact) mass is 343 g/mol. The Morgan fingerprint density at radius 1 is 0.923 bits per heavy atom. The van der Waals surface area contributed by atoms with Crippen LogP contribution in [0, 0.1) is 13.8 Å². The molecule has 0 aliphatic heterocycles. The largest absolute Gasteiger partial charge is 0.363 e. The molecule has 2 heterocycles. The molecule has 4 rings (SSSR count). The summed E-state index contributed by atoms with van der Waals surface area (Å²) in [5.41, 5.74) is 4.30. The fourth-order valence-electron chi connectivity index (χ4n) is 3.04. The molecule has 1 N–H and O–H groups in total. The van der Waals surface area contributed by atoms with Gasteiger partial charge in [0, 0.05) is 23.4 Å². The lowest BCUT2D eigenvalue weighted by Crippen LogP contribution is -2.11. The minimum Gasteiger partial charge on any atom is -0.363 e. The third-order valence-electron chi connectivity index (χ3n) is 4.38. The minimum absolute atomic E-state index is 0.146. The van der Waals surface area contributed by atoms with E-state index in [0.29, 0.717) is 11.6 Å². The number of hydrogen-bond acceptors (Lipinski definition) is 4. The van der Waals surface area contributed by atoms with Crippen LogP contribution >= 0.6 is 0 Å². The summed E-state index contributed by atoms with van der Waals surface area (Å²) in [6.45, 7) is 6.17. The number of aromatic nitrogens is 4. The zero-order valence-corrected chi connectivity index (χ0v) is 15.1. The van der Waals surface area contributed by atoms with Crippen molar-refractivity contribution < 1.29 is 0 Å². The summed E-state index contributed by atoms with van der Waals surface area (Å²) in [6.07, 6.45) is 0. The lowest BCUT2D eigenvalue weighted by Gasteiger charge is -2.16. The molecule has 130 valence electrons. The number of hydrogen-bond donors (Lipinski definition) is 1. The molecule has 0 fully saturated rings. The van der Waals surface area contributed by atoms with Gasteiger partial charge in [-0.05, 0) is 32.4 Å². The number of rotatable bonds is 4. The van der Waals surface area contributed by atoms with E-state index >= 15 is 0 Å². The highest BCUT2D eigenvalue weighted by atomic mass is 15.4. The van der Waals surface area contributed by atoms with Crippen molar-refractivity contribution >= 4 is 11.6 Å². The van der Waals surface area contributed by atoms with Crippen molar-refractivity contribution in [1.29, 1.82) is 0 Å². The molecule has 4 aromatic rings. The van der Waals surface area contributed by atoms with Crippen molar-refractivity contribution in [2.75, 3.05) is 5.32 Å². The molecule has 0 aliphatic rings. The Bertz CT molecular complexity index is 1050. The topological polar surface area (TPSA) is 55.1 Å². The summed E-state index contributed by atoms with van der Waals surface area (Å²) < 4.78 is 1.78. The lowest BCUT2D eigenvalue weighted by molar-refractivity contribution is 0.838. The van der Waals surface area contributed by atoms with E-state index in [4.69, 9.17) is 5.10 Å². The van der Waals surface area contributed by atoms with E-state index in [1.807, 2.05) is 43.3 Å². The molecule has 0 saturated heterocycles. The molecule has 2 aromatic carbocycles. The normalized spacial score (nSPS) is 12.3. The molecule has 0 aliphatic carbocycles. The second kappa shape index (κ2) is 6.59. The van der Waals surface area contributed by atoms with Crippen LogP contribution < -0.4 is 5.32 Å². The van der Waals surface area contributed by atoms with Gasteiger partial charge in [0.15, 0.2) is 5.82 Å². The zero-order valence-electron chi connectivity index (χ0n) is 15.1. The predicted octanol–water partition coefficient (Wildman–Crippen LogP) is 4.58. The average molecular weight is 343 g/mol. The van der Waals surface area contributed by atoms with E-state index in [2.05, 4.69) is 53.4 Å².